The van der Waals surface area contributed by atoms with Gasteiger partial charge in [0.05, 0.1) is 72.2 Å². The smallest absolute Gasteiger partial charge is 0.463 e. The third-order valence-corrected chi connectivity index (χ3v) is 34.4. The van der Waals surface area contributed by atoms with Gasteiger partial charge in [0.2, 0.25) is 0 Å². The van der Waals surface area contributed by atoms with Crippen LogP contribution >= 0.6 is 166 Å². The molecule has 832 valence electrons. The number of hydrogen-bond donors (Lipinski definition) is 5. The zero-order valence-electron chi connectivity index (χ0n) is 91.7. The zero-order valence-corrected chi connectivity index (χ0v) is 112. The van der Waals surface area contributed by atoms with Gasteiger partial charge in [-0.2, -0.15) is 16.1 Å². The SMILES string of the molecule is C/C(=C\COPP)CC/C=C(\C)COCc1ccccc1.C/C(=C\COPP)CC/C=C(\C)CO[Si](C)(C)C(C)(C)C.C/C(=C\COPP)CCCN=[N+]=[N-].CCC(C/C=C(\C)CCC=C(C)C)/C(C)=C/COPP.CCC(CC/C(C)=C/CC/C(C)=C/COPP)OC(C)=O.CCC(O)CC/C(C)=C/CC/C(C)=C/COPP.CCCSC/C(C)=C/CC/C(C)=C/COPP.O=P(O)(O)OP(=O)(O)O.O=PP. The normalized spacial score (nSPS) is 14.2. The number of thioether (sulfide) groups is 1. The van der Waals surface area contributed by atoms with E-state index in [0.29, 0.717) is 98.4 Å². The summed E-state index contributed by atoms with van der Waals surface area (Å²) in [6.45, 7) is 61.8. The molecule has 5 N–H and O–H groups in total. The van der Waals surface area contributed by atoms with E-state index in [0.717, 1.165) is 162 Å². The molecule has 1 aromatic carbocycles. The minimum absolute atomic E-state index is 0.0531. The highest BCUT2D eigenvalue weighted by atomic mass is 32.2. The van der Waals surface area contributed by atoms with Gasteiger partial charge < -0.3 is 70.2 Å². The van der Waals surface area contributed by atoms with Gasteiger partial charge in [0.15, 0.2) is 16.5 Å². The molecule has 0 aliphatic carbocycles. The van der Waals surface area contributed by atoms with Gasteiger partial charge in [-0.1, -0.05) is 309 Å². The number of rotatable bonds is 69. The average molecular weight is 2380 g/mol. The first-order valence-electron chi connectivity index (χ1n) is 48.8. The fourth-order valence-electron chi connectivity index (χ4n) is 11.2. The predicted molar refractivity (Wildman–Crippen MR) is 673 cm³/mol. The van der Waals surface area contributed by atoms with Gasteiger partial charge in [0, 0.05) is 83.6 Å². The summed E-state index contributed by atoms with van der Waals surface area (Å²) in [7, 11) is 11.9. The van der Waals surface area contributed by atoms with E-state index in [2.05, 4.69) is 333 Å². The predicted octanol–water partition coefficient (Wildman–Crippen LogP) is 36.5. The number of esters is 1. The van der Waals surface area contributed by atoms with Crippen molar-refractivity contribution < 1.29 is 93.0 Å². The molecule has 0 fully saturated rings. The molecule has 0 saturated heterocycles. The summed E-state index contributed by atoms with van der Waals surface area (Å²) in [5.74, 6) is 2.94. The van der Waals surface area contributed by atoms with Gasteiger partial charge in [-0.15, -0.1) is 0 Å². The van der Waals surface area contributed by atoms with E-state index in [4.69, 9.17) is 75.2 Å². The summed E-state index contributed by atoms with van der Waals surface area (Å²) in [6, 6.07) is 10.3. The van der Waals surface area contributed by atoms with Crippen molar-refractivity contribution in [1.82, 2.24) is 0 Å². The summed E-state index contributed by atoms with van der Waals surface area (Å²) in [6.07, 6.45) is 55.6. The van der Waals surface area contributed by atoms with Crippen molar-refractivity contribution in [2.45, 2.75) is 344 Å². The second-order valence-corrected chi connectivity index (χ2v) is 53.5. The molecule has 0 bridgehead atoms. The Bertz CT molecular complexity index is 3870. The first kappa shape index (κ1) is 160. The Balaban J connectivity index is -0.000000244. The fraction of sp³-hybridized carbons (Fsp3) is 0.650. The van der Waals surface area contributed by atoms with Crippen molar-refractivity contribution in [3.05, 3.63) is 209 Å². The number of ether oxygens (including phenoxy) is 2. The number of carbonyl (C=O) groups is 1. The highest BCUT2D eigenvalue weighted by Crippen LogP contribution is 2.54. The van der Waals surface area contributed by atoms with Crippen molar-refractivity contribution >= 4 is 181 Å². The van der Waals surface area contributed by atoms with Crippen LogP contribution in [0.4, 0.5) is 0 Å². The lowest BCUT2D eigenvalue weighted by atomic mass is 9.92. The van der Waals surface area contributed by atoms with Crippen LogP contribution in [-0.4, -0.2) is 129 Å². The van der Waals surface area contributed by atoms with Crippen LogP contribution in [0.2, 0.25) is 18.1 Å². The third kappa shape index (κ3) is 132. The molecule has 18 unspecified atom stereocenters. The van der Waals surface area contributed by atoms with Gasteiger partial charge in [0.1, 0.15) is 6.10 Å². The highest BCUT2D eigenvalue weighted by Gasteiger charge is 2.37. The van der Waals surface area contributed by atoms with Crippen LogP contribution < -0.4 is 0 Å². The molecule has 0 aliphatic heterocycles. The van der Waals surface area contributed by atoms with Crippen LogP contribution in [0.5, 0.6) is 0 Å². The van der Waals surface area contributed by atoms with Crippen LogP contribution in [0, 0.1) is 5.92 Å². The maximum absolute atomic E-state index is 11.0. The Morgan fingerprint density at radius 1 is 0.483 bits per heavy atom. The number of benzene rings is 1. The summed E-state index contributed by atoms with van der Waals surface area (Å²) < 4.78 is 85.3. The van der Waals surface area contributed by atoms with E-state index in [1.165, 1.54) is 128 Å². The largest absolute Gasteiger partial charge is 0.478 e. The van der Waals surface area contributed by atoms with Gasteiger partial charge in [0.25, 0.3) is 0 Å². The Hall–Kier alpha value is 1.34. The van der Waals surface area contributed by atoms with E-state index < -0.39 is 24.0 Å². The lowest BCUT2D eigenvalue weighted by Crippen LogP contribution is -2.41. The molecule has 1 rings (SSSR count). The lowest BCUT2D eigenvalue weighted by molar-refractivity contribution is -0.146. The quantitative estimate of drug-likeness (QED) is 0.00591. The topological polar surface area (TPSA) is 320 Å². The minimum Gasteiger partial charge on any atom is -0.463 e. The summed E-state index contributed by atoms with van der Waals surface area (Å²) >= 11 is 2.03. The Morgan fingerprint density at radius 3 is 1.15 bits per heavy atom. The number of hydrogen-bond acceptors (Lipinski definition) is 18. The maximum atomic E-state index is 11.0. The fourth-order valence-corrected chi connectivity index (χ4v) is 17.5. The number of carbonyl (C=O) groups excluding carboxylic acids is 1. The minimum atomic E-state index is -5.05. The number of aliphatic hydroxyl groups excluding tert-OH is 1. The van der Waals surface area contributed by atoms with Crippen molar-refractivity contribution in [3.63, 3.8) is 0 Å². The van der Waals surface area contributed by atoms with Crippen LogP contribution in [0.25, 0.3) is 10.4 Å². The lowest BCUT2D eigenvalue weighted by Gasteiger charge is -2.36. The van der Waals surface area contributed by atoms with Crippen LogP contribution in [-0.2, 0) is 75.0 Å². The molecule has 43 heteroatoms. The maximum Gasteiger partial charge on any atom is 0.478 e. The Labute approximate surface area is 908 Å². The van der Waals surface area contributed by atoms with Gasteiger partial charge in [-0.05, 0) is 301 Å². The standard InChI is InChI=1S/C17H26O2P2.C17H32OP2.C16H30O3P2.C16H34O2P2Si.C14H28O2P2.C13H26OP2S.C7H15N3OP2.H4O7P2.H2OP2/c1-15(11-12-19-21-20)7-6-8-16(2)13-18-14-17-9-4-3-5-10-17;1-6-17(16(5)12-13-18-20-19)11-10-15(4)9-7-8-14(2)3;1-5-16(19-15(4)17)10-9-13(2)7-6-8-14(3)11-12-18-21-20;1-14(11-12-17-20-19)9-8-10-15(2)13-18-21(6,7)16(3,4)5;1-4-14(15)9-8-12(2)6-5-7-13(3)10-11-16-18-17;1-4-10-17-11-13(3)7-5-6-12(2)8-9-14-16-15;1-7(4-6-11-13-12)3-2-5-9-10-8;1-8(2,3)7-9(4,5)6;1-3-2/h3-5,8-11,21H,6-7,12-14,20H2,1-2H3;8,10,12,17,20H,6-7,9,11,13,19H2,1-5H3;7,11,16,21H,5-6,8-10,12,20H2,1-4H3;10-11,20H,8-9,12-13,19H2,1-7H3;6,10,14-15,18H,4-5,7-9,11,17H2,1-3H3;7-8,16H,4-6,9-11,15H2,1-3H3;4,13H,2-3,5-6,12H2,1H3;(H2,1,2,3)(H2,4,5,6);2H2/b15-11+,16-8+;15-10+,16-12+;13-7+,14-11+;14-11+,15-10+;12-6+,13-10+;12-8+,13-7+;7-4+;;. The molecule has 0 spiro atoms. The van der Waals surface area contributed by atoms with Crippen molar-refractivity contribution in [2.75, 3.05) is 77.5 Å². The average Bonchev–Trinajstić information content (AvgIpc) is 0.840. The molecule has 0 radical (unpaired) electrons. The number of azide groups is 1. The Morgan fingerprint density at radius 2 is 0.825 bits per heavy atom. The Kier molecular flexibility index (Phi) is 128. The number of aliphatic hydroxyl groups is 1. The molecule has 1 aromatic rings. The first-order chi connectivity index (χ1) is 67.5. The molecule has 0 saturated carbocycles. The molecule has 18 atom stereocenters. The van der Waals surface area contributed by atoms with E-state index in [-0.39, 0.29) is 31.4 Å². The molecule has 0 aromatic heterocycles. The molecule has 0 heterocycles. The van der Waals surface area contributed by atoms with E-state index >= 15 is 0 Å². The summed E-state index contributed by atoms with van der Waals surface area (Å²) in [5, 5.41) is 13.2. The molecule has 0 aliphatic rings. The third-order valence-electron chi connectivity index (χ3n) is 21.0. The monoisotopic (exact) mass is 2380 g/mol. The van der Waals surface area contributed by atoms with Gasteiger partial charge >= 0.3 is 21.6 Å². The first-order valence-corrected chi connectivity index (χ1v) is 77.4. The summed E-state index contributed by atoms with van der Waals surface area (Å²) in [5.41, 5.74) is 28.8. The molecule has 143 heavy (non-hydrogen) atoms. The number of nitrogens with zero attached hydrogens (tertiary/aromatic N) is 3. The molecule has 23 nitrogen and oxygen atoms in total. The van der Waals surface area contributed by atoms with Crippen molar-refractivity contribution in [3.8, 4) is 0 Å². The molecule has 0 amide bonds. The number of phosphoric acid groups is 2. The molecular weight excluding hydrogens is 2180 g/mol. The van der Waals surface area contributed by atoms with E-state index in [1.54, 1.807) is 0 Å². The van der Waals surface area contributed by atoms with E-state index in [9.17, 15) is 19.0 Å². The second kappa shape index (κ2) is 114. The second-order valence-electron chi connectivity index (χ2n) is 35.5. The van der Waals surface area contributed by atoms with Crippen molar-refractivity contribution in [2.24, 2.45) is 11.0 Å². The van der Waals surface area contributed by atoms with Crippen LogP contribution in [0.3, 0.4) is 0 Å². The van der Waals surface area contributed by atoms with E-state index in [1.807, 2.05) is 45.8 Å². The van der Waals surface area contributed by atoms with Gasteiger partial charge in [-0.25, -0.2) is 9.13 Å². The molecular formula is C100H197N3O20P18SSi. The highest BCUT2D eigenvalue weighted by molar-refractivity contribution is 8.01. The van der Waals surface area contributed by atoms with Crippen molar-refractivity contribution in [1.29, 1.82) is 0 Å². The zero-order chi connectivity index (χ0) is 110. The number of allylic oxidation sites excluding steroid dienone is 18. The van der Waals surface area contributed by atoms with Crippen LogP contribution in [0.15, 0.2) is 199 Å². The van der Waals surface area contributed by atoms with Gasteiger partial charge in [-0.3, -0.25) is 9.36 Å². The van der Waals surface area contributed by atoms with Crippen LogP contribution in [0.1, 0.15) is 312 Å². The summed E-state index contributed by atoms with van der Waals surface area (Å²) in [4.78, 5) is 44.6.